The fourth-order valence-electron chi connectivity index (χ4n) is 3.59. The van der Waals surface area contributed by atoms with E-state index in [2.05, 4.69) is 71.4 Å². The SMILES string of the molecule is Cc1ccc(C2=CCN(CCc3cccc4[nH]ccc34)CC2)cc1. The van der Waals surface area contributed by atoms with E-state index >= 15 is 0 Å². The van der Waals surface area contributed by atoms with E-state index in [9.17, 15) is 0 Å². The van der Waals surface area contributed by atoms with Crippen LogP contribution in [0.4, 0.5) is 0 Å². The standard InChI is InChI=1S/C22H24N2/c1-17-5-7-18(8-6-17)19-10-14-24(15-11-19)16-12-20-3-2-4-22-21(20)9-13-23-22/h2-10,13,23H,11-12,14-16H2,1H3. The molecule has 2 aromatic carbocycles. The van der Waals surface area contributed by atoms with Crippen LogP contribution in [-0.4, -0.2) is 29.5 Å². The molecular formula is C22H24N2. The molecule has 0 atom stereocenters. The molecule has 0 unspecified atom stereocenters. The minimum atomic E-state index is 1.06. The van der Waals surface area contributed by atoms with Crippen molar-refractivity contribution in [3.05, 3.63) is 77.5 Å². The summed E-state index contributed by atoms with van der Waals surface area (Å²) in [4.78, 5) is 5.86. The Morgan fingerprint density at radius 3 is 2.71 bits per heavy atom. The number of aromatic amines is 1. The van der Waals surface area contributed by atoms with Crippen LogP contribution >= 0.6 is 0 Å². The Kier molecular flexibility index (Phi) is 4.22. The van der Waals surface area contributed by atoms with Crippen molar-refractivity contribution in [3.8, 4) is 0 Å². The summed E-state index contributed by atoms with van der Waals surface area (Å²) in [6.07, 6.45) is 6.71. The molecule has 2 heterocycles. The lowest BCUT2D eigenvalue weighted by molar-refractivity contribution is 0.306. The zero-order valence-electron chi connectivity index (χ0n) is 14.3. The monoisotopic (exact) mass is 316 g/mol. The predicted molar refractivity (Wildman–Crippen MR) is 102 cm³/mol. The number of rotatable bonds is 4. The van der Waals surface area contributed by atoms with Gasteiger partial charge < -0.3 is 4.98 Å². The maximum absolute atomic E-state index is 3.30. The van der Waals surface area contributed by atoms with Crippen LogP contribution in [0.2, 0.25) is 0 Å². The molecule has 1 aliphatic heterocycles. The lowest BCUT2D eigenvalue weighted by Gasteiger charge is -2.26. The summed E-state index contributed by atoms with van der Waals surface area (Å²) in [7, 11) is 0. The molecule has 0 saturated carbocycles. The lowest BCUT2D eigenvalue weighted by Crippen LogP contribution is -2.30. The molecule has 0 saturated heterocycles. The summed E-state index contributed by atoms with van der Waals surface area (Å²) in [5.74, 6) is 0. The Morgan fingerprint density at radius 2 is 1.92 bits per heavy atom. The maximum atomic E-state index is 3.30. The molecular weight excluding hydrogens is 292 g/mol. The Balaban J connectivity index is 1.39. The Labute approximate surface area is 143 Å². The number of benzene rings is 2. The number of nitrogens with one attached hydrogen (secondary N) is 1. The van der Waals surface area contributed by atoms with Gasteiger partial charge in [0.15, 0.2) is 0 Å². The van der Waals surface area contributed by atoms with Gasteiger partial charge in [0.2, 0.25) is 0 Å². The van der Waals surface area contributed by atoms with Gasteiger partial charge >= 0.3 is 0 Å². The topological polar surface area (TPSA) is 19.0 Å². The third kappa shape index (κ3) is 3.15. The molecule has 0 fully saturated rings. The molecule has 1 N–H and O–H groups in total. The van der Waals surface area contributed by atoms with Crippen LogP contribution in [0.1, 0.15) is 23.1 Å². The van der Waals surface area contributed by atoms with E-state index < -0.39 is 0 Å². The lowest BCUT2D eigenvalue weighted by atomic mass is 9.98. The molecule has 3 aromatic rings. The van der Waals surface area contributed by atoms with Crippen LogP contribution in [0.5, 0.6) is 0 Å². The normalized spacial score (nSPS) is 15.6. The number of H-pyrrole nitrogens is 1. The van der Waals surface area contributed by atoms with Gasteiger partial charge in [0, 0.05) is 36.7 Å². The van der Waals surface area contributed by atoms with Gasteiger partial charge in [-0.1, -0.05) is 48.0 Å². The molecule has 0 spiro atoms. The third-order valence-electron chi connectivity index (χ3n) is 5.10. The van der Waals surface area contributed by atoms with E-state index in [4.69, 9.17) is 0 Å². The zero-order valence-corrected chi connectivity index (χ0v) is 14.3. The van der Waals surface area contributed by atoms with E-state index in [1.54, 1.807) is 0 Å². The van der Waals surface area contributed by atoms with Crippen LogP contribution < -0.4 is 0 Å². The summed E-state index contributed by atoms with van der Waals surface area (Å²) in [6, 6.07) is 17.7. The molecule has 24 heavy (non-hydrogen) atoms. The molecule has 2 nitrogen and oxygen atoms in total. The minimum absolute atomic E-state index is 1.06. The minimum Gasteiger partial charge on any atom is -0.361 e. The Bertz CT molecular complexity index is 855. The Morgan fingerprint density at radius 1 is 1.04 bits per heavy atom. The first-order valence-corrected chi connectivity index (χ1v) is 8.83. The van der Waals surface area contributed by atoms with Gasteiger partial charge in [-0.05, 0) is 48.6 Å². The number of nitrogens with zero attached hydrogens (tertiary/aromatic N) is 1. The van der Waals surface area contributed by atoms with Crippen molar-refractivity contribution in [1.29, 1.82) is 0 Å². The molecule has 0 amide bonds. The molecule has 4 rings (SSSR count). The maximum Gasteiger partial charge on any atom is 0.0456 e. The van der Waals surface area contributed by atoms with Crippen molar-refractivity contribution in [2.24, 2.45) is 0 Å². The van der Waals surface area contributed by atoms with Crippen molar-refractivity contribution in [3.63, 3.8) is 0 Å². The second kappa shape index (κ2) is 6.66. The molecule has 0 bridgehead atoms. The third-order valence-corrected chi connectivity index (χ3v) is 5.10. The van der Waals surface area contributed by atoms with E-state index in [-0.39, 0.29) is 0 Å². The van der Waals surface area contributed by atoms with Crippen LogP contribution in [0.3, 0.4) is 0 Å². The Hall–Kier alpha value is -2.32. The van der Waals surface area contributed by atoms with Gasteiger partial charge in [-0.25, -0.2) is 0 Å². The quantitative estimate of drug-likeness (QED) is 0.732. The molecule has 2 heteroatoms. The zero-order chi connectivity index (χ0) is 16.4. The summed E-state index contributed by atoms with van der Waals surface area (Å²) in [6.45, 7) is 5.49. The van der Waals surface area contributed by atoms with Crippen molar-refractivity contribution in [1.82, 2.24) is 9.88 Å². The molecule has 1 aliphatic rings. The molecule has 122 valence electrons. The van der Waals surface area contributed by atoms with E-state index in [1.165, 1.54) is 33.2 Å². The number of hydrogen-bond acceptors (Lipinski definition) is 1. The van der Waals surface area contributed by atoms with Crippen molar-refractivity contribution in [2.75, 3.05) is 19.6 Å². The van der Waals surface area contributed by atoms with Crippen LogP contribution in [0.15, 0.2) is 60.8 Å². The predicted octanol–water partition coefficient (Wildman–Crippen LogP) is 4.81. The molecule has 0 aliphatic carbocycles. The fraction of sp³-hybridized carbons (Fsp3) is 0.273. The highest BCUT2D eigenvalue weighted by molar-refractivity contribution is 5.82. The first-order chi connectivity index (χ1) is 11.8. The summed E-state index contributed by atoms with van der Waals surface area (Å²) < 4.78 is 0. The number of aromatic nitrogens is 1. The second-order valence-corrected chi connectivity index (χ2v) is 6.75. The fourth-order valence-corrected chi connectivity index (χ4v) is 3.59. The van der Waals surface area contributed by atoms with E-state index in [1.807, 2.05) is 6.20 Å². The number of hydrogen-bond donors (Lipinski definition) is 1. The van der Waals surface area contributed by atoms with Crippen molar-refractivity contribution >= 4 is 16.5 Å². The highest BCUT2D eigenvalue weighted by Gasteiger charge is 2.13. The number of aryl methyl sites for hydroxylation is 1. The van der Waals surface area contributed by atoms with Crippen LogP contribution in [0, 0.1) is 6.92 Å². The highest BCUT2D eigenvalue weighted by atomic mass is 15.1. The van der Waals surface area contributed by atoms with Crippen LogP contribution in [-0.2, 0) is 6.42 Å². The van der Waals surface area contributed by atoms with Gasteiger partial charge in [0.05, 0.1) is 0 Å². The molecule has 0 radical (unpaired) electrons. The summed E-state index contributed by atoms with van der Waals surface area (Å²) in [5.41, 5.74) is 6.90. The van der Waals surface area contributed by atoms with Gasteiger partial charge in [-0.2, -0.15) is 0 Å². The first-order valence-electron chi connectivity index (χ1n) is 8.83. The smallest absolute Gasteiger partial charge is 0.0456 e. The first kappa shape index (κ1) is 15.2. The van der Waals surface area contributed by atoms with Gasteiger partial charge in [0.25, 0.3) is 0 Å². The summed E-state index contributed by atoms with van der Waals surface area (Å²) in [5, 5.41) is 1.37. The van der Waals surface area contributed by atoms with Crippen LogP contribution in [0.25, 0.3) is 16.5 Å². The average Bonchev–Trinajstić information content (AvgIpc) is 3.10. The number of fused-ring (bicyclic) bond motifs is 1. The van der Waals surface area contributed by atoms with E-state index in [0.29, 0.717) is 0 Å². The van der Waals surface area contributed by atoms with Crippen molar-refractivity contribution in [2.45, 2.75) is 19.8 Å². The molecule has 1 aromatic heterocycles. The highest BCUT2D eigenvalue weighted by Crippen LogP contribution is 2.23. The van der Waals surface area contributed by atoms with Crippen molar-refractivity contribution < 1.29 is 0 Å². The van der Waals surface area contributed by atoms with Gasteiger partial charge in [-0.15, -0.1) is 0 Å². The summed E-state index contributed by atoms with van der Waals surface area (Å²) >= 11 is 0. The second-order valence-electron chi connectivity index (χ2n) is 6.75. The van der Waals surface area contributed by atoms with Gasteiger partial charge in [0.1, 0.15) is 0 Å². The largest absolute Gasteiger partial charge is 0.361 e. The van der Waals surface area contributed by atoms with E-state index in [0.717, 1.165) is 32.5 Å². The average molecular weight is 316 g/mol. The van der Waals surface area contributed by atoms with Gasteiger partial charge in [-0.3, -0.25) is 4.90 Å².